The number of carbonyl (C=O) groups is 5. The summed E-state index contributed by atoms with van der Waals surface area (Å²) < 4.78 is 11.8. The molecule has 1 heterocycles. The molecule has 0 spiro atoms. The Morgan fingerprint density at radius 1 is 0.979 bits per heavy atom. The summed E-state index contributed by atoms with van der Waals surface area (Å²) in [5.74, 6) is -3.52. The summed E-state index contributed by atoms with van der Waals surface area (Å²) in [5.41, 5.74) is 0.852. The molecule has 47 heavy (non-hydrogen) atoms. The van der Waals surface area contributed by atoms with Gasteiger partial charge in [-0.15, -0.1) is 0 Å². The second-order valence-electron chi connectivity index (χ2n) is 13.7. The van der Waals surface area contributed by atoms with E-state index in [-0.39, 0.29) is 66.9 Å². The fourth-order valence-electron chi connectivity index (χ4n) is 7.09. The number of hydrogen-bond donors (Lipinski definition) is 1. The van der Waals surface area contributed by atoms with Gasteiger partial charge < -0.3 is 29.2 Å². The number of Topliss-reactive ketones (excluding diaryl/α,β-unsaturated/α-hetero) is 2. The lowest BCUT2D eigenvalue weighted by Crippen LogP contribution is -2.54. The molecule has 1 fully saturated rings. The zero-order valence-corrected chi connectivity index (χ0v) is 29.9. The first kappa shape index (κ1) is 40.1. The van der Waals surface area contributed by atoms with Crippen molar-refractivity contribution in [2.45, 2.75) is 111 Å². The van der Waals surface area contributed by atoms with E-state index in [1.54, 1.807) is 30.9 Å². The minimum atomic E-state index is -1.02. The van der Waals surface area contributed by atoms with E-state index in [4.69, 9.17) is 9.47 Å². The topological polar surface area (TPSA) is 131 Å². The Balaban J connectivity index is 2.23. The van der Waals surface area contributed by atoms with Gasteiger partial charge in [-0.3, -0.25) is 19.2 Å². The van der Waals surface area contributed by atoms with Crippen LogP contribution in [0, 0.1) is 29.6 Å². The Hall–Kier alpha value is -3.11. The molecule has 1 aliphatic heterocycles. The summed E-state index contributed by atoms with van der Waals surface area (Å²) in [5, 5.41) is 9.88. The second kappa shape index (κ2) is 19.0. The third kappa shape index (κ3) is 11.0. The van der Waals surface area contributed by atoms with Crippen LogP contribution >= 0.6 is 0 Å². The molecule has 0 unspecified atom stereocenters. The largest absolute Gasteiger partial charge is 0.481 e. The Kier molecular flexibility index (Phi) is 16.2. The van der Waals surface area contributed by atoms with Gasteiger partial charge in [0.15, 0.2) is 0 Å². The van der Waals surface area contributed by atoms with Crippen LogP contribution in [-0.2, 0) is 39.9 Å². The molecule has 1 aliphatic rings. The maximum atomic E-state index is 14.0. The molecule has 1 N–H and O–H groups in total. The third-order valence-electron chi connectivity index (χ3n) is 10.1. The molecule has 10 heteroatoms. The van der Waals surface area contributed by atoms with Crippen molar-refractivity contribution in [2.24, 2.45) is 29.6 Å². The molecular weight excluding hydrogens is 600 g/mol. The van der Waals surface area contributed by atoms with Crippen molar-refractivity contribution in [3.8, 4) is 0 Å². The number of benzene rings is 1. The van der Waals surface area contributed by atoms with E-state index < -0.39 is 42.0 Å². The molecule has 2 amide bonds. The zero-order valence-electron chi connectivity index (χ0n) is 29.9. The van der Waals surface area contributed by atoms with Crippen molar-refractivity contribution >= 4 is 29.4 Å². The van der Waals surface area contributed by atoms with Gasteiger partial charge in [0.1, 0.15) is 11.6 Å². The Bertz CT molecular complexity index is 1190. The maximum Gasteiger partial charge on any atom is 0.307 e. The van der Waals surface area contributed by atoms with Gasteiger partial charge >= 0.3 is 5.97 Å². The van der Waals surface area contributed by atoms with Gasteiger partial charge in [-0.25, -0.2) is 0 Å². The minimum Gasteiger partial charge on any atom is -0.481 e. The summed E-state index contributed by atoms with van der Waals surface area (Å²) in [6, 6.07) is 8.50. The lowest BCUT2D eigenvalue weighted by atomic mass is 9.85. The number of nitrogens with zero attached hydrogens (tertiary/aromatic N) is 2. The van der Waals surface area contributed by atoms with Crippen molar-refractivity contribution in [1.82, 2.24) is 9.80 Å². The van der Waals surface area contributed by atoms with Gasteiger partial charge in [0, 0.05) is 52.5 Å². The summed E-state index contributed by atoms with van der Waals surface area (Å²) in [7, 11) is 4.81. The lowest BCUT2D eigenvalue weighted by molar-refractivity contribution is -0.149. The average molecular weight is 659 g/mol. The van der Waals surface area contributed by atoms with Gasteiger partial charge in [-0.1, -0.05) is 71.4 Å². The van der Waals surface area contributed by atoms with Crippen LogP contribution in [0.15, 0.2) is 30.3 Å². The van der Waals surface area contributed by atoms with Crippen molar-refractivity contribution in [2.75, 3.05) is 27.8 Å². The van der Waals surface area contributed by atoms with E-state index in [0.29, 0.717) is 13.0 Å². The Morgan fingerprint density at radius 3 is 2.13 bits per heavy atom. The molecule has 0 radical (unpaired) electrons. The summed E-state index contributed by atoms with van der Waals surface area (Å²) >= 11 is 0. The molecule has 1 saturated heterocycles. The van der Waals surface area contributed by atoms with Crippen LogP contribution in [-0.4, -0.2) is 96.4 Å². The normalized spacial score (nSPS) is 19.4. The molecular formula is C37H58N2O8. The molecule has 0 aromatic heterocycles. The number of carboxylic acid groups (broad SMARTS) is 1. The molecule has 0 bridgehead atoms. The first-order chi connectivity index (χ1) is 22.2. The molecule has 0 saturated carbocycles. The minimum absolute atomic E-state index is 0.0173. The predicted molar refractivity (Wildman–Crippen MR) is 181 cm³/mol. The number of hydrogen-bond acceptors (Lipinski definition) is 7. The number of methoxy groups -OCH3 is 2. The second-order valence-corrected chi connectivity index (χ2v) is 13.7. The quantitative estimate of drug-likeness (QED) is 0.206. The van der Waals surface area contributed by atoms with Gasteiger partial charge in [0.2, 0.25) is 11.8 Å². The summed E-state index contributed by atoms with van der Waals surface area (Å²) in [6.07, 6.45) is 1.28. The standard InChI is InChI=1S/C37H58N2O8/c1-10-24(4)34(38(7)36(43)29(23(2)3)19-25(5)40)32(46-8)22-33(42)39-18-14-17-30(39)35(47-9)26(6)31(41)21-28(37(44)45)20-27-15-12-11-13-16-27/h11-13,15-16,23-24,26,28-30,32,34-35H,10,14,17-22H2,1-9H3,(H,44,45)/t24-,26-,28+,29-,30-,32+,34-,35+/m0/s1. The van der Waals surface area contributed by atoms with Crippen LogP contribution in [0.5, 0.6) is 0 Å². The van der Waals surface area contributed by atoms with E-state index in [2.05, 4.69) is 0 Å². The van der Waals surface area contributed by atoms with Crippen molar-refractivity contribution in [3.63, 3.8) is 0 Å². The van der Waals surface area contributed by atoms with Gasteiger partial charge in [-0.05, 0) is 43.6 Å². The van der Waals surface area contributed by atoms with Crippen LogP contribution in [0.25, 0.3) is 0 Å². The first-order valence-electron chi connectivity index (χ1n) is 17.1. The number of carbonyl (C=O) groups excluding carboxylic acids is 4. The van der Waals surface area contributed by atoms with Crippen LogP contribution in [0.2, 0.25) is 0 Å². The van der Waals surface area contributed by atoms with E-state index in [1.807, 2.05) is 58.0 Å². The monoisotopic (exact) mass is 658 g/mol. The maximum absolute atomic E-state index is 14.0. The molecule has 2 rings (SSSR count). The number of likely N-dealkylation sites (tertiary alicyclic amines) is 1. The fourth-order valence-corrected chi connectivity index (χ4v) is 7.09. The number of rotatable bonds is 20. The van der Waals surface area contributed by atoms with Crippen molar-refractivity contribution in [3.05, 3.63) is 35.9 Å². The molecule has 1 aromatic carbocycles. The highest BCUT2D eigenvalue weighted by Gasteiger charge is 2.43. The van der Waals surface area contributed by atoms with Gasteiger partial charge in [-0.2, -0.15) is 0 Å². The SMILES string of the molecule is CC[C@H](C)[C@@H]([C@@H](CC(=O)N1CCC[C@H]1[C@H](OC)[C@@H](C)C(=O)C[C@@H](Cc1ccccc1)C(=O)O)OC)N(C)C(=O)[C@@H](CC(C)=O)C(C)C. The molecule has 1 aromatic rings. The number of carboxylic acids is 1. The summed E-state index contributed by atoms with van der Waals surface area (Å²) in [4.78, 5) is 68.7. The zero-order chi connectivity index (χ0) is 35.4. The molecule has 8 atom stereocenters. The van der Waals surface area contributed by atoms with E-state index >= 15 is 0 Å². The Labute approximate surface area is 281 Å². The predicted octanol–water partition coefficient (Wildman–Crippen LogP) is 5.06. The van der Waals surface area contributed by atoms with E-state index in [1.165, 1.54) is 14.0 Å². The number of aliphatic carboxylic acids is 1. The highest BCUT2D eigenvalue weighted by atomic mass is 16.5. The lowest BCUT2D eigenvalue weighted by Gasteiger charge is -2.40. The van der Waals surface area contributed by atoms with Crippen LogP contribution in [0.3, 0.4) is 0 Å². The number of ketones is 2. The summed E-state index contributed by atoms with van der Waals surface area (Å²) in [6.45, 7) is 11.7. The third-order valence-corrected chi connectivity index (χ3v) is 10.1. The van der Waals surface area contributed by atoms with Crippen LogP contribution in [0.4, 0.5) is 0 Å². The number of ether oxygens (including phenoxy) is 2. The van der Waals surface area contributed by atoms with Gasteiger partial charge in [0.05, 0.1) is 36.6 Å². The van der Waals surface area contributed by atoms with E-state index in [9.17, 15) is 29.1 Å². The average Bonchev–Trinajstić information content (AvgIpc) is 3.52. The van der Waals surface area contributed by atoms with E-state index in [0.717, 1.165) is 18.4 Å². The molecule has 10 nitrogen and oxygen atoms in total. The van der Waals surface area contributed by atoms with Crippen molar-refractivity contribution in [1.29, 1.82) is 0 Å². The highest BCUT2D eigenvalue weighted by molar-refractivity contribution is 5.87. The number of amides is 2. The first-order valence-corrected chi connectivity index (χ1v) is 17.1. The van der Waals surface area contributed by atoms with Crippen molar-refractivity contribution < 1.29 is 38.6 Å². The van der Waals surface area contributed by atoms with Gasteiger partial charge in [0.25, 0.3) is 0 Å². The highest BCUT2D eigenvalue weighted by Crippen LogP contribution is 2.31. The fraction of sp³-hybridized carbons (Fsp3) is 0.703. The number of likely N-dealkylation sites (N-methyl/N-ethyl adjacent to an activating group) is 1. The van der Waals surface area contributed by atoms with Crippen LogP contribution in [0.1, 0.15) is 85.6 Å². The molecule has 264 valence electrons. The molecule has 0 aliphatic carbocycles. The van der Waals surface area contributed by atoms with Crippen LogP contribution < -0.4 is 0 Å². The Morgan fingerprint density at radius 2 is 1.62 bits per heavy atom. The smallest absolute Gasteiger partial charge is 0.307 e.